The number of unbranched alkanes of at least 4 members (excludes halogenated alkanes) is 11. The van der Waals surface area contributed by atoms with Crippen LogP contribution in [0.1, 0.15) is 104 Å². The van der Waals surface area contributed by atoms with Gasteiger partial charge in [-0.2, -0.15) is 8.42 Å². The molecule has 1 atom stereocenters. The van der Waals surface area contributed by atoms with Crippen molar-refractivity contribution in [1.29, 1.82) is 0 Å². The Morgan fingerprint density at radius 2 is 1.32 bits per heavy atom. The van der Waals surface area contributed by atoms with Gasteiger partial charge in [0, 0.05) is 13.0 Å². The Hall–Kier alpha value is 0.280. The number of hydrogen-bond acceptors (Lipinski definition) is 4. The van der Waals surface area contributed by atoms with Crippen molar-refractivity contribution in [2.45, 2.75) is 108 Å². The first-order valence-electron chi connectivity index (χ1n) is 10.6. The summed E-state index contributed by atoms with van der Waals surface area (Å²) in [5, 5.41) is 0. The van der Waals surface area contributed by atoms with Crippen LogP contribution in [0.15, 0.2) is 12.2 Å². The summed E-state index contributed by atoms with van der Waals surface area (Å²) in [7, 11) is -4.47. The van der Waals surface area contributed by atoms with Crippen LogP contribution in [0.2, 0.25) is 0 Å². The number of rotatable bonds is 18. The molecule has 0 bridgehead atoms. The van der Waals surface area contributed by atoms with Gasteiger partial charge in [-0.15, -0.1) is 0 Å². The molecule has 0 aliphatic heterocycles. The molecule has 0 saturated heterocycles. The zero-order valence-electron chi connectivity index (χ0n) is 17.4. The van der Waals surface area contributed by atoms with Crippen molar-refractivity contribution >= 4 is 45.5 Å². The number of nitrogens with two attached hydrogens (primary N) is 1. The summed E-state index contributed by atoms with van der Waals surface area (Å²) in [4.78, 5) is 12.0. The molecule has 0 aromatic carbocycles. The fourth-order valence-electron chi connectivity index (χ4n) is 2.98. The predicted molar refractivity (Wildman–Crippen MR) is 121 cm³/mol. The van der Waals surface area contributed by atoms with Gasteiger partial charge < -0.3 is 5.73 Å². The Morgan fingerprint density at radius 3 is 1.75 bits per heavy atom. The molecule has 0 heterocycles. The van der Waals surface area contributed by atoms with Gasteiger partial charge in [0.2, 0.25) is 0 Å². The van der Waals surface area contributed by atoms with Crippen molar-refractivity contribution in [3.63, 3.8) is 0 Å². The van der Waals surface area contributed by atoms with Gasteiger partial charge in [0.05, 0.1) is 0 Å². The Kier molecular flexibility index (Phi) is 19.7. The summed E-state index contributed by atoms with van der Waals surface area (Å²) in [6.07, 6.45) is 19.8. The molecule has 3 N–H and O–H groups in total. The van der Waals surface area contributed by atoms with Crippen LogP contribution in [0.3, 0.4) is 0 Å². The predicted octanol–water partition coefficient (Wildman–Crippen LogP) is 4.55. The molecule has 0 rings (SSSR count). The normalized spacial score (nSPS) is 14.0. The summed E-state index contributed by atoms with van der Waals surface area (Å²) >= 11 is 0. The molecule has 0 aromatic rings. The number of Topliss-reactive ketones (excluding diaryl/α,β-unsaturated/α-hetero) is 1. The maximum atomic E-state index is 12.0. The molecule has 7 heteroatoms. The molecule has 0 spiro atoms. The van der Waals surface area contributed by atoms with E-state index in [0.29, 0.717) is 6.42 Å². The quantitative estimate of drug-likeness (QED) is 0.145. The van der Waals surface area contributed by atoms with Crippen molar-refractivity contribution in [3.05, 3.63) is 12.2 Å². The van der Waals surface area contributed by atoms with Gasteiger partial charge in [-0.25, -0.2) is 0 Å². The Morgan fingerprint density at radius 1 is 0.893 bits per heavy atom. The second-order valence-corrected chi connectivity index (χ2v) is 9.52. The van der Waals surface area contributed by atoms with Crippen LogP contribution in [0, 0.1) is 0 Å². The fraction of sp³-hybridized carbons (Fsp3) is 0.857. The SMILES string of the molecule is CCCCCCCCC=CCCCCCCCC(=O)C(C)(CN)S(=O)(=O)O.[NaH]. The zero-order chi connectivity index (χ0) is 20.6. The molecule has 0 aliphatic rings. The number of carbonyl (C=O) groups excluding carboxylic acids is 1. The van der Waals surface area contributed by atoms with Crippen LogP contribution in [0.25, 0.3) is 0 Å². The molecular formula is C21H42NNaO4S. The third kappa shape index (κ3) is 13.5. The number of allylic oxidation sites excluding steroid dienone is 2. The van der Waals surface area contributed by atoms with E-state index in [2.05, 4.69) is 19.1 Å². The Bertz CT molecular complexity index is 522. The third-order valence-corrected chi connectivity index (χ3v) is 6.75. The van der Waals surface area contributed by atoms with Crippen LogP contribution >= 0.6 is 0 Å². The van der Waals surface area contributed by atoms with Crippen LogP contribution in [-0.2, 0) is 14.9 Å². The van der Waals surface area contributed by atoms with Crippen molar-refractivity contribution in [2.75, 3.05) is 6.54 Å². The molecule has 0 amide bonds. The summed E-state index contributed by atoms with van der Waals surface area (Å²) < 4.78 is 30.0. The second kappa shape index (κ2) is 18.1. The second-order valence-electron chi connectivity index (χ2n) is 7.67. The molecule has 28 heavy (non-hydrogen) atoms. The monoisotopic (exact) mass is 427 g/mol. The molecule has 0 aliphatic carbocycles. The van der Waals surface area contributed by atoms with Crippen LogP contribution in [0.4, 0.5) is 0 Å². The van der Waals surface area contributed by atoms with Gasteiger partial charge in [-0.1, -0.05) is 70.4 Å². The topological polar surface area (TPSA) is 97.5 Å². The number of ketones is 1. The van der Waals surface area contributed by atoms with Gasteiger partial charge >= 0.3 is 29.6 Å². The van der Waals surface area contributed by atoms with Crippen molar-refractivity contribution in [2.24, 2.45) is 5.73 Å². The van der Waals surface area contributed by atoms with Gasteiger partial charge in [0.25, 0.3) is 10.1 Å². The number of carbonyl (C=O) groups is 1. The molecule has 162 valence electrons. The molecule has 5 nitrogen and oxygen atoms in total. The van der Waals surface area contributed by atoms with E-state index in [9.17, 15) is 17.8 Å². The van der Waals surface area contributed by atoms with E-state index in [1.54, 1.807) is 0 Å². The average molecular weight is 428 g/mol. The molecular weight excluding hydrogens is 385 g/mol. The van der Waals surface area contributed by atoms with E-state index < -0.39 is 27.2 Å². The van der Waals surface area contributed by atoms with Gasteiger partial charge in [-0.05, 0) is 39.0 Å². The molecule has 0 radical (unpaired) electrons. The van der Waals surface area contributed by atoms with Crippen molar-refractivity contribution in [1.82, 2.24) is 0 Å². The average Bonchev–Trinajstić information content (AvgIpc) is 2.62. The summed E-state index contributed by atoms with van der Waals surface area (Å²) in [5.41, 5.74) is 5.38. The van der Waals surface area contributed by atoms with Crippen LogP contribution in [0.5, 0.6) is 0 Å². The van der Waals surface area contributed by atoms with Crippen molar-refractivity contribution in [3.8, 4) is 0 Å². The first-order valence-corrected chi connectivity index (χ1v) is 12.1. The summed E-state index contributed by atoms with van der Waals surface area (Å²) in [6, 6.07) is 0. The van der Waals surface area contributed by atoms with Crippen molar-refractivity contribution < 1.29 is 17.8 Å². The minimum absolute atomic E-state index is 0. The third-order valence-electron chi connectivity index (χ3n) is 5.21. The van der Waals surface area contributed by atoms with E-state index in [4.69, 9.17) is 5.73 Å². The molecule has 0 aromatic heterocycles. The first kappa shape index (κ1) is 30.5. The first-order chi connectivity index (χ1) is 12.8. The van der Waals surface area contributed by atoms with E-state index in [1.807, 2.05) is 0 Å². The fourth-order valence-corrected chi connectivity index (χ4v) is 3.58. The molecule has 1 unspecified atom stereocenters. The summed E-state index contributed by atoms with van der Waals surface area (Å²) in [5.74, 6) is -0.495. The van der Waals surface area contributed by atoms with Gasteiger partial charge in [0.1, 0.15) is 0 Å². The maximum absolute atomic E-state index is 12.0. The van der Waals surface area contributed by atoms with Gasteiger partial charge in [0.15, 0.2) is 10.5 Å². The van der Waals surface area contributed by atoms with E-state index in [1.165, 1.54) is 51.9 Å². The zero-order valence-corrected chi connectivity index (χ0v) is 18.2. The van der Waals surface area contributed by atoms with E-state index in [-0.39, 0.29) is 36.0 Å². The Labute approximate surface area is 195 Å². The Balaban J connectivity index is 0. The minimum atomic E-state index is -4.47. The van der Waals surface area contributed by atoms with Gasteiger partial charge in [-0.3, -0.25) is 9.35 Å². The summed E-state index contributed by atoms with van der Waals surface area (Å²) in [6.45, 7) is 3.04. The molecule has 0 saturated carbocycles. The van der Waals surface area contributed by atoms with Crippen LogP contribution < -0.4 is 5.73 Å². The van der Waals surface area contributed by atoms with E-state index >= 15 is 0 Å². The standard InChI is InChI=1S/C21H41NO4S.Na.H/c1-3-4-5-6-7-8-9-10-11-12-13-14-15-16-17-18-20(23)21(2,19-22)27(24,25)26;;/h10-11H,3-9,12-19,22H2,1-2H3,(H,24,25,26);;. The van der Waals surface area contributed by atoms with E-state index in [0.717, 1.165) is 32.1 Å². The molecule has 0 fully saturated rings. The number of hydrogen-bond donors (Lipinski definition) is 2. The van der Waals surface area contributed by atoms with Crippen LogP contribution in [-0.4, -0.2) is 59.6 Å².